The van der Waals surface area contributed by atoms with E-state index in [2.05, 4.69) is 0 Å². The van der Waals surface area contributed by atoms with Crippen LogP contribution in [-0.2, 0) is 9.53 Å². The number of aliphatic carboxylic acids is 1. The van der Waals surface area contributed by atoms with Crippen LogP contribution in [0.2, 0.25) is 0 Å². The normalized spacial score (nSPS) is 19.1. The molecule has 1 unspecified atom stereocenters. The number of urea groups is 1. The van der Waals surface area contributed by atoms with Gasteiger partial charge in [-0.1, -0.05) is 0 Å². The molecule has 1 rings (SSSR count). The van der Waals surface area contributed by atoms with Crippen LogP contribution < -0.4 is 0 Å². The number of nitriles is 1. The van der Waals surface area contributed by atoms with Crippen LogP contribution in [0, 0.1) is 11.3 Å². The van der Waals surface area contributed by atoms with E-state index in [1.807, 2.05) is 6.07 Å². The minimum atomic E-state index is -0.956. The van der Waals surface area contributed by atoms with Crippen molar-refractivity contribution in [2.24, 2.45) is 0 Å². The van der Waals surface area contributed by atoms with Gasteiger partial charge in [-0.15, -0.1) is 0 Å². The summed E-state index contributed by atoms with van der Waals surface area (Å²) in [6.45, 7) is 1.37. The van der Waals surface area contributed by atoms with E-state index in [0.29, 0.717) is 19.7 Å². The second kappa shape index (κ2) is 6.81. The molecule has 1 aliphatic rings. The molecule has 0 aromatic heterocycles. The predicted octanol–water partition coefficient (Wildman–Crippen LogP) is 0.127. The van der Waals surface area contributed by atoms with E-state index < -0.39 is 12.0 Å². The van der Waals surface area contributed by atoms with Crippen LogP contribution in [0.25, 0.3) is 0 Å². The van der Waals surface area contributed by atoms with Gasteiger partial charge >= 0.3 is 12.0 Å². The summed E-state index contributed by atoms with van der Waals surface area (Å²) in [5, 5.41) is 17.3. The van der Waals surface area contributed by atoms with Crippen molar-refractivity contribution in [1.82, 2.24) is 9.80 Å². The lowest BCUT2D eigenvalue weighted by molar-refractivity contribution is -0.139. The fourth-order valence-electron chi connectivity index (χ4n) is 1.81. The largest absolute Gasteiger partial charge is 0.481 e. The quantitative estimate of drug-likeness (QED) is 0.770. The highest BCUT2D eigenvalue weighted by Gasteiger charge is 2.30. The number of hydrogen-bond donors (Lipinski definition) is 1. The summed E-state index contributed by atoms with van der Waals surface area (Å²) in [5.41, 5.74) is 0. The SMILES string of the molecule is CN(CCC#N)C(=O)N1CCOCC1CC(=O)O. The molecule has 0 spiro atoms. The number of hydrogen-bond acceptors (Lipinski definition) is 4. The van der Waals surface area contributed by atoms with Crippen LogP contribution in [0.5, 0.6) is 0 Å². The van der Waals surface area contributed by atoms with Crippen molar-refractivity contribution >= 4 is 12.0 Å². The van der Waals surface area contributed by atoms with Crippen LogP contribution in [0.15, 0.2) is 0 Å². The van der Waals surface area contributed by atoms with Crippen LogP contribution in [0.1, 0.15) is 12.8 Å². The third kappa shape index (κ3) is 3.89. The van der Waals surface area contributed by atoms with Gasteiger partial charge in [-0.05, 0) is 0 Å². The first-order valence-corrected chi connectivity index (χ1v) is 5.74. The molecule has 1 aliphatic heterocycles. The monoisotopic (exact) mass is 255 g/mol. The Morgan fingerprint density at radius 2 is 2.33 bits per heavy atom. The number of carbonyl (C=O) groups is 2. The fraction of sp³-hybridized carbons (Fsp3) is 0.727. The molecule has 1 saturated heterocycles. The summed E-state index contributed by atoms with van der Waals surface area (Å²) in [7, 11) is 1.60. The van der Waals surface area contributed by atoms with Crippen molar-refractivity contribution in [1.29, 1.82) is 5.26 Å². The van der Waals surface area contributed by atoms with Crippen LogP contribution in [0.3, 0.4) is 0 Å². The Morgan fingerprint density at radius 3 is 2.94 bits per heavy atom. The first-order chi connectivity index (χ1) is 8.56. The van der Waals surface area contributed by atoms with Gasteiger partial charge in [-0.3, -0.25) is 4.79 Å². The molecule has 0 aliphatic carbocycles. The van der Waals surface area contributed by atoms with E-state index in [9.17, 15) is 9.59 Å². The lowest BCUT2D eigenvalue weighted by Gasteiger charge is -2.37. The number of carboxylic acid groups (broad SMARTS) is 1. The van der Waals surface area contributed by atoms with Crippen molar-refractivity contribution in [2.75, 3.05) is 33.4 Å². The fourth-order valence-corrected chi connectivity index (χ4v) is 1.81. The zero-order valence-electron chi connectivity index (χ0n) is 10.3. The van der Waals surface area contributed by atoms with Gasteiger partial charge in [0.15, 0.2) is 0 Å². The number of rotatable bonds is 4. The first-order valence-electron chi connectivity index (χ1n) is 5.74. The molecule has 0 radical (unpaired) electrons. The molecule has 1 N–H and O–H groups in total. The van der Waals surface area contributed by atoms with Gasteiger partial charge in [0, 0.05) is 20.1 Å². The van der Waals surface area contributed by atoms with Gasteiger partial charge < -0.3 is 19.6 Å². The summed E-state index contributed by atoms with van der Waals surface area (Å²) in [4.78, 5) is 25.8. The highest BCUT2D eigenvalue weighted by molar-refractivity contribution is 5.76. The van der Waals surface area contributed by atoms with E-state index in [4.69, 9.17) is 15.1 Å². The number of amides is 2. The Kier molecular flexibility index (Phi) is 5.39. The van der Waals surface area contributed by atoms with E-state index >= 15 is 0 Å². The van der Waals surface area contributed by atoms with Gasteiger partial charge in [0.25, 0.3) is 0 Å². The lowest BCUT2D eigenvalue weighted by Crippen LogP contribution is -2.53. The molecular weight excluding hydrogens is 238 g/mol. The van der Waals surface area contributed by atoms with E-state index in [0.717, 1.165) is 0 Å². The molecule has 7 heteroatoms. The minimum Gasteiger partial charge on any atom is -0.481 e. The molecule has 0 saturated carbocycles. The second-order valence-corrected chi connectivity index (χ2v) is 4.13. The van der Waals surface area contributed by atoms with Gasteiger partial charge in [0.05, 0.1) is 38.2 Å². The van der Waals surface area contributed by atoms with Gasteiger partial charge in [-0.2, -0.15) is 5.26 Å². The van der Waals surface area contributed by atoms with Crippen LogP contribution >= 0.6 is 0 Å². The molecule has 18 heavy (non-hydrogen) atoms. The van der Waals surface area contributed by atoms with Crippen molar-refractivity contribution in [3.05, 3.63) is 0 Å². The second-order valence-electron chi connectivity index (χ2n) is 4.13. The van der Waals surface area contributed by atoms with E-state index in [-0.39, 0.29) is 25.5 Å². The highest BCUT2D eigenvalue weighted by atomic mass is 16.5. The van der Waals surface area contributed by atoms with Gasteiger partial charge in [0.1, 0.15) is 0 Å². The predicted molar refractivity (Wildman–Crippen MR) is 61.8 cm³/mol. The van der Waals surface area contributed by atoms with Crippen molar-refractivity contribution in [3.63, 3.8) is 0 Å². The summed E-state index contributed by atoms with van der Waals surface area (Å²) >= 11 is 0. The van der Waals surface area contributed by atoms with Crippen molar-refractivity contribution < 1.29 is 19.4 Å². The maximum Gasteiger partial charge on any atom is 0.320 e. The van der Waals surface area contributed by atoms with Crippen LogP contribution in [-0.4, -0.2) is 66.3 Å². The maximum atomic E-state index is 12.1. The Balaban J connectivity index is 2.62. The Hall–Kier alpha value is -1.81. The molecule has 1 fully saturated rings. The van der Waals surface area contributed by atoms with Gasteiger partial charge in [0.2, 0.25) is 0 Å². The van der Waals surface area contributed by atoms with Crippen LogP contribution in [0.4, 0.5) is 4.79 Å². The third-order valence-corrected chi connectivity index (χ3v) is 2.77. The van der Waals surface area contributed by atoms with Gasteiger partial charge in [-0.25, -0.2) is 4.79 Å². The number of morpholine rings is 1. The Labute approximate surface area is 106 Å². The minimum absolute atomic E-state index is 0.127. The average Bonchev–Trinajstić information content (AvgIpc) is 2.35. The van der Waals surface area contributed by atoms with Crippen molar-refractivity contribution in [2.45, 2.75) is 18.9 Å². The topological polar surface area (TPSA) is 93.9 Å². The molecular formula is C11H17N3O4. The highest BCUT2D eigenvalue weighted by Crippen LogP contribution is 2.13. The zero-order valence-corrected chi connectivity index (χ0v) is 10.3. The summed E-state index contributed by atoms with van der Waals surface area (Å²) in [6, 6.07) is 1.28. The lowest BCUT2D eigenvalue weighted by atomic mass is 10.1. The molecule has 0 aromatic carbocycles. The molecule has 1 atom stereocenters. The smallest absolute Gasteiger partial charge is 0.320 e. The zero-order chi connectivity index (χ0) is 13.5. The van der Waals surface area contributed by atoms with E-state index in [1.54, 1.807) is 7.05 Å². The standard InChI is InChI=1S/C11H17N3O4/c1-13(4-2-3-12)11(17)14-5-6-18-8-9(14)7-10(15)16/h9H,2,4-8H2,1H3,(H,15,16). The maximum absolute atomic E-state index is 12.1. The molecule has 0 aromatic rings. The van der Waals surface area contributed by atoms with E-state index in [1.165, 1.54) is 9.80 Å². The Morgan fingerprint density at radius 1 is 1.61 bits per heavy atom. The first kappa shape index (κ1) is 14.3. The molecule has 7 nitrogen and oxygen atoms in total. The average molecular weight is 255 g/mol. The summed E-state index contributed by atoms with van der Waals surface area (Å²) < 4.78 is 5.20. The third-order valence-electron chi connectivity index (χ3n) is 2.77. The number of carbonyl (C=O) groups excluding carboxylic acids is 1. The molecule has 1 heterocycles. The number of carboxylic acids is 1. The summed E-state index contributed by atoms with van der Waals surface area (Å²) in [6.07, 6.45) is 0.133. The number of ether oxygens (including phenoxy) is 1. The van der Waals surface area contributed by atoms with Crippen molar-refractivity contribution in [3.8, 4) is 6.07 Å². The number of nitrogens with zero attached hydrogens (tertiary/aromatic N) is 3. The summed E-state index contributed by atoms with van der Waals surface area (Å²) in [5.74, 6) is -0.956. The Bertz CT molecular complexity index is 353. The molecule has 0 bridgehead atoms. The molecule has 2 amide bonds. The molecule has 100 valence electrons.